The van der Waals surface area contributed by atoms with E-state index in [2.05, 4.69) is 22.5 Å². The van der Waals surface area contributed by atoms with Crippen molar-refractivity contribution < 1.29 is 28.7 Å². The van der Waals surface area contributed by atoms with Crippen LogP contribution in [0.25, 0.3) is 0 Å². The zero-order chi connectivity index (χ0) is 31.2. The molecule has 0 radical (unpaired) electrons. The van der Waals surface area contributed by atoms with E-state index in [4.69, 9.17) is 4.74 Å². The first kappa shape index (κ1) is 30.2. The first-order chi connectivity index (χ1) is 20.9. The Bertz CT molecular complexity index is 1440. The van der Waals surface area contributed by atoms with Crippen LogP contribution in [-0.4, -0.2) is 70.3 Å². The van der Waals surface area contributed by atoms with Crippen molar-refractivity contribution in [2.75, 3.05) is 13.1 Å². The second-order valence-corrected chi connectivity index (χ2v) is 14.1. The average molecular weight is 603 g/mol. The van der Waals surface area contributed by atoms with Gasteiger partial charge in [-0.2, -0.15) is 0 Å². The van der Waals surface area contributed by atoms with E-state index in [-0.39, 0.29) is 47.4 Å². The number of fused-ring (bicyclic) bond motifs is 1. The van der Waals surface area contributed by atoms with Crippen molar-refractivity contribution in [2.24, 2.45) is 17.3 Å². The molecule has 2 aliphatic carbocycles. The van der Waals surface area contributed by atoms with Gasteiger partial charge in [-0.3, -0.25) is 24.5 Å². The van der Waals surface area contributed by atoms with Gasteiger partial charge < -0.3 is 19.9 Å². The molecule has 5 aliphatic rings. The van der Waals surface area contributed by atoms with Gasteiger partial charge in [0.1, 0.15) is 11.6 Å². The van der Waals surface area contributed by atoms with Crippen LogP contribution in [0.2, 0.25) is 0 Å². The lowest BCUT2D eigenvalue weighted by Gasteiger charge is -2.37. The van der Waals surface area contributed by atoms with Crippen molar-refractivity contribution in [2.45, 2.75) is 103 Å². The number of amides is 5. The van der Waals surface area contributed by atoms with Crippen LogP contribution in [0, 0.1) is 29.1 Å². The van der Waals surface area contributed by atoms with E-state index in [9.17, 15) is 24.0 Å². The zero-order valence-electron chi connectivity index (χ0n) is 25.9. The van der Waals surface area contributed by atoms with Crippen molar-refractivity contribution in [3.8, 4) is 11.8 Å². The normalized spacial score (nSPS) is 27.7. The highest BCUT2D eigenvalue weighted by Crippen LogP contribution is 2.59. The highest BCUT2D eigenvalue weighted by atomic mass is 16.6. The number of carbonyl (C=O) groups is 5. The van der Waals surface area contributed by atoms with Crippen LogP contribution in [0.1, 0.15) is 100 Å². The fourth-order valence-corrected chi connectivity index (χ4v) is 7.36. The van der Waals surface area contributed by atoms with Gasteiger partial charge in [-0.05, 0) is 95.2 Å². The molecule has 1 spiro atoms. The minimum Gasteiger partial charge on any atom is -0.444 e. The van der Waals surface area contributed by atoms with Crippen LogP contribution in [0.3, 0.4) is 0 Å². The molecule has 0 bridgehead atoms. The molecule has 234 valence electrons. The molecule has 10 nitrogen and oxygen atoms in total. The Morgan fingerprint density at radius 2 is 1.77 bits per heavy atom. The van der Waals surface area contributed by atoms with Crippen LogP contribution >= 0.6 is 0 Å². The summed E-state index contributed by atoms with van der Waals surface area (Å²) in [4.78, 5) is 66.1. The molecule has 10 heteroatoms. The molecule has 2 atom stereocenters. The largest absolute Gasteiger partial charge is 0.444 e. The van der Waals surface area contributed by atoms with E-state index in [0.717, 1.165) is 69.2 Å². The van der Waals surface area contributed by atoms with Gasteiger partial charge in [-0.1, -0.05) is 17.9 Å². The molecular weight excluding hydrogens is 560 g/mol. The van der Waals surface area contributed by atoms with Gasteiger partial charge in [0.05, 0.1) is 0 Å². The number of nitrogens with one attached hydrogen (secondary N) is 2. The molecule has 3 aliphatic heterocycles. The highest BCUT2D eigenvalue weighted by molar-refractivity contribution is 6.05. The van der Waals surface area contributed by atoms with Crippen molar-refractivity contribution in [3.05, 3.63) is 34.9 Å². The Kier molecular flexibility index (Phi) is 7.93. The highest BCUT2D eigenvalue weighted by Gasteiger charge is 2.54. The predicted octanol–water partition coefficient (Wildman–Crippen LogP) is 3.51. The van der Waals surface area contributed by atoms with E-state index in [1.54, 1.807) is 11.0 Å². The Morgan fingerprint density at radius 1 is 1.05 bits per heavy atom. The van der Waals surface area contributed by atoms with Gasteiger partial charge in [-0.25, -0.2) is 4.79 Å². The summed E-state index contributed by atoms with van der Waals surface area (Å²) < 4.78 is 5.37. The molecular formula is C34H42N4O6. The lowest BCUT2D eigenvalue weighted by atomic mass is 9.84. The van der Waals surface area contributed by atoms with E-state index in [0.29, 0.717) is 18.5 Å². The number of imide groups is 1. The summed E-state index contributed by atoms with van der Waals surface area (Å²) >= 11 is 0. The smallest absolute Gasteiger partial charge is 0.407 e. The zero-order valence-corrected chi connectivity index (χ0v) is 25.9. The lowest BCUT2D eigenvalue weighted by molar-refractivity contribution is -0.139. The molecule has 1 unspecified atom stereocenters. The third kappa shape index (κ3) is 6.19. The Morgan fingerprint density at radius 3 is 2.45 bits per heavy atom. The number of hydrogen-bond acceptors (Lipinski definition) is 6. The average Bonchev–Trinajstić information content (AvgIpc) is 3.53. The fraction of sp³-hybridized carbons (Fsp3) is 0.618. The molecule has 1 aromatic rings. The standard InChI is InChI=1S/C34H42N4O6/c1-33(2,3)44-32(43)35-24-11-8-22(9-12-24)30(41)37-17-15-34(16-18-37)19-23(34)10-7-21-5-4-6-25-26(21)20-38(31(25)42)27-13-14-28(39)36-29(27)40/h4-6,22-24,27H,8-9,11-20H2,1-3H3,(H,35,43)(H,36,39,40)/t22?,23-,24?,27?/m0/s1. The van der Waals surface area contributed by atoms with E-state index in [1.165, 1.54) is 0 Å². The second kappa shape index (κ2) is 11.6. The minimum atomic E-state index is -0.642. The van der Waals surface area contributed by atoms with Crippen LogP contribution in [0.4, 0.5) is 4.79 Å². The molecule has 1 aromatic carbocycles. The summed E-state index contributed by atoms with van der Waals surface area (Å²) in [6.07, 6.45) is 6.21. The molecule has 2 N–H and O–H groups in total. The summed E-state index contributed by atoms with van der Waals surface area (Å²) in [6, 6.07) is 4.96. The summed E-state index contributed by atoms with van der Waals surface area (Å²) in [5.41, 5.74) is 1.87. The molecule has 3 heterocycles. The number of piperidine rings is 2. The van der Waals surface area contributed by atoms with Crippen LogP contribution in [0.15, 0.2) is 18.2 Å². The molecule has 6 rings (SSSR count). The summed E-state index contributed by atoms with van der Waals surface area (Å²) in [5.74, 6) is 6.45. The maximum absolute atomic E-state index is 13.3. The first-order valence-electron chi connectivity index (χ1n) is 16.0. The van der Waals surface area contributed by atoms with E-state index >= 15 is 0 Å². The molecule has 44 heavy (non-hydrogen) atoms. The van der Waals surface area contributed by atoms with Crippen molar-refractivity contribution in [1.29, 1.82) is 0 Å². The van der Waals surface area contributed by atoms with E-state index in [1.807, 2.05) is 37.8 Å². The van der Waals surface area contributed by atoms with Crippen LogP contribution in [-0.2, 0) is 25.7 Å². The summed E-state index contributed by atoms with van der Waals surface area (Å²) in [5, 5.41) is 5.30. The quantitative estimate of drug-likeness (QED) is 0.403. The number of rotatable bonds is 3. The van der Waals surface area contributed by atoms with Gasteiger partial charge in [0.2, 0.25) is 17.7 Å². The summed E-state index contributed by atoms with van der Waals surface area (Å²) in [6.45, 7) is 7.36. The molecule has 2 saturated carbocycles. The van der Waals surface area contributed by atoms with Gasteiger partial charge in [-0.15, -0.1) is 0 Å². The third-order valence-corrected chi connectivity index (χ3v) is 10.0. The monoisotopic (exact) mass is 602 g/mol. The van der Waals surface area contributed by atoms with Crippen molar-refractivity contribution >= 4 is 29.7 Å². The van der Waals surface area contributed by atoms with Gasteiger partial charge in [0, 0.05) is 55.1 Å². The second-order valence-electron chi connectivity index (χ2n) is 14.1. The number of likely N-dealkylation sites (tertiary alicyclic amines) is 1. The minimum absolute atomic E-state index is 0.0122. The molecule has 5 amide bonds. The van der Waals surface area contributed by atoms with Gasteiger partial charge in [0.15, 0.2) is 0 Å². The maximum atomic E-state index is 13.3. The summed E-state index contributed by atoms with van der Waals surface area (Å²) in [7, 11) is 0. The van der Waals surface area contributed by atoms with Crippen LogP contribution < -0.4 is 10.6 Å². The predicted molar refractivity (Wildman–Crippen MR) is 161 cm³/mol. The number of ether oxygens (including phenoxy) is 1. The maximum Gasteiger partial charge on any atom is 0.407 e. The Labute approximate surface area is 258 Å². The Hall–Kier alpha value is -3.87. The first-order valence-corrected chi connectivity index (χ1v) is 16.0. The number of benzene rings is 1. The number of alkyl carbamates (subject to hydrolysis) is 1. The third-order valence-electron chi connectivity index (χ3n) is 10.0. The number of hydrogen-bond donors (Lipinski definition) is 2. The number of nitrogens with zero attached hydrogens (tertiary/aromatic N) is 2. The Balaban J connectivity index is 0.997. The lowest BCUT2D eigenvalue weighted by Crippen LogP contribution is -2.52. The van der Waals surface area contributed by atoms with Crippen molar-refractivity contribution in [3.63, 3.8) is 0 Å². The molecule has 2 saturated heterocycles. The fourth-order valence-electron chi connectivity index (χ4n) is 7.36. The SMILES string of the molecule is CC(C)(C)OC(=O)NC1CCC(C(=O)N2CCC3(CC2)C[C@@H]3C#Cc2cccc3c2CN(C2CCC(=O)NC2=O)C3=O)CC1. The molecule has 4 fully saturated rings. The number of carbonyl (C=O) groups excluding carboxylic acids is 5. The van der Waals surface area contributed by atoms with E-state index < -0.39 is 23.6 Å². The van der Waals surface area contributed by atoms with Crippen LogP contribution in [0.5, 0.6) is 0 Å². The van der Waals surface area contributed by atoms with Crippen molar-refractivity contribution in [1.82, 2.24) is 20.4 Å². The molecule has 0 aromatic heterocycles. The van der Waals surface area contributed by atoms with Gasteiger partial charge >= 0.3 is 6.09 Å². The van der Waals surface area contributed by atoms with Gasteiger partial charge in [0.25, 0.3) is 5.91 Å². The topological polar surface area (TPSA) is 125 Å².